The largest absolute Gasteiger partial charge is 0.277 e. The third-order valence-corrected chi connectivity index (χ3v) is 3.80. The van der Waals surface area contributed by atoms with Crippen LogP contribution in [0.5, 0.6) is 0 Å². The fourth-order valence-electron chi connectivity index (χ4n) is 1.51. The number of hydrogen-bond donors (Lipinski definition) is 1. The van der Waals surface area contributed by atoms with Crippen LogP contribution in [-0.2, 0) is 10.0 Å². The van der Waals surface area contributed by atoms with Crippen molar-refractivity contribution in [2.45, 2.75) is 11.8 Å². The van der Waals surface area contributed by atoms with Crippen molar-refractivity contribution in [1.82, 2.24) is 0 Å². The van der Waals surface area contributed by atoms with Gasteiger partial charge in [0.05, 0.1) is 10.6 Å². The van der Waals surface area contributed by atoms with E-state index >= 15 is 0 Å². The second-order valence-electron chi connectivity index (χ2n) is 3.90. The predicted octanol–water partition coefficient (Wildman–Crippen LogP) is 2.93. The van der Waals surface area contributed by atoms with Crippen molar-refractivity contribution < 1.29 is 12.8 Å². The number of halogens is 1. The van der Waals surface area contributed by atoms with Crippen molar-refractivity contribution in [2.75, 3.05) is 4.72 Å². The molecule has 0 saturated heterocycles. The lowest BCUT2D eigenvalue weighted by Gasteiger charge is -2.09. The summed E-state index contributed by atoms with van der Waals surface area (Å²) < 4.78 is 39.7. The quantitative estimate of drug-likeness (QED) is 0.927. The van der Waals surface area contributed by atoms with Crippen LogP contribution in [0.4, 0.5) is 10.1 Å². The maximum absolute atomic E-state index is 13.6. The average Bonchev–Trinajstić information content (AvgIpc) is 2.34. The molecule has 0 amide bonds. The van der Waals surface area contributed by atoms with Gasteiger partial charge in [-0.3, -0.25) is 4.72 Å². The molecule has 2 rings (SSSR count). The summed E-state index contributed by atoms with van der Waals surface area (Å²) in [6, 6.07) is 12.2. The van der Waals surface area contributed by atoms with Crippen LogP contribution < -0.4 is 4.72 Å². The number of nitrogens with one attached hydrogen (secondary N) is 1. The summed E-state index contributed by atoms with van der Waals surface area (Å²) in [6.45, 7) is 1.73. The predicted molar refractivity (Wildman–Crippen MR) is 68.4 cm³/mol. The van der Waals surface area contributed by atoms with Crippen LogP contribution in [0.25, 0.3) is 0 Å². The summed E-state index contributed by atoms with van der Waals surface area (Å²) in [7, 11) is -3.74. The Bertz CT molecular complexity index is 654. The van der Waals surface area contributed by atoms with Gasteiger partial charge in [0, 0.05) is 0 Å². The molecule has 0 aliphatic carbocycles. The molecule has 0 unspecified atom stereocenters. The average molecular weight is 265 g/mol. The molecule has 0 atom stereocenters. The van der Waals surface area contributed by atoms with Gasteiger partial charge in [0.15, 0.2) is 0 Å². The number of benzene rings is 2. The van der Waals surface area contributed by atoms with E-state index in [0.29, 0.717) is 0 Å². The molecule has 5 heteroatoms. The highest BCUT2D eigenvalue weighted by Gasteiger charge is 2.15. The number of hydrogen-bond acceptors (Lipinski definition) is 2. The second kappa shape index (κ2) is 4.78. The van der Waals surface area contributed by atoms with E-state index in [1.54, 1.807) is 31.2 Å². The Morgan fingerprint density at radius 2 is 1.72 bits per heavy atom. The maximum Gasteiger partial charge on any atom is 0.261 e. The zero-order valence-electron chi connectivity index (χ0n) is 9.72. The second-order valence-corrected chi connectivity index (χ2v) is 5.58. The van der Waals surface area contributed by atoms with Gasteiger partial charge in [-0.2, -0.15) is 0 Å². The van der Waals surface area contributed by atoms with Crippen LogP contribution in [0, 0.1) is 12.7 Å². The molecule has 0 spiro atoms. The molecular formula is C13H12FNO2S. The van der Waals surface area contributed by atoms with Crippen LogP contribution in [0.3, 0.4) is 0 Å². The van der Waals surface area contributed by atoms with Gasteiger partial charge in [0.2, 0.25) is 0 Å². The first-order valence-electron chi connectivity index (χ1n) is 5.33. The van der Waals surface area contributed by atoms with E-state index in [9.17, 15) is 12.8 Å². The Labute approximate surface area is 105 Å². The topological polar surface area (TPSA) is 46.2 Å². The zero-order valence-corrected chi connectivity index (χ0v) is 10.5. The fraction of sp³-hybridized carbons (Fsp3) is 0.0769. The van der Waals surface area contributed by atoms with Gasteiger partial charge >= 0.3 is 0 Å². The highest BCUT2D eigenvalue weighted by molar-refractivity contribution is 7.92. The smallest absolute Gasteiger partial charge is 0.261 e. The van der Waals surface area contributed by atoms with Gasteiger partial charge in [-0.05, 0) is 36.8 Å². The van der Waals surface area contributed by atoms with Crippen molar-refractivity contribution >= 4 is 15.7 Å². The number of aryl methyl sites for hydroxylation is 1. The Balaban J connectivity index is 2.34. The molecule has 94 valence electrons. The molecule has 2 aromatic carbocycles. The van der Waals surface area contributed by atoms with Crippen molar-refractivity contribution in [2.24, 2.45) is 0 Å². The monoisotopic (exact) mass is 265 g/mol. The van der Waals surface area contributed by atoms with Gasteiger partial charge in [0.25, 0.3) is 10.0 Å². The minimum Gasteiger partial charge on any atom is -0.277 e. The summed E-state index contributed by atoms with van der Waals surface area (Å²) in [6.07, 6.45) is 0. The molecule has 2 aromatic rings. The highest BCUT2D eigenvalue weighted by atomic mass is 32.2. The lowest BCUT2D eigenvalue weighted by Crippen LogP contribution is -2.13. The van der Waals surface area contributed by atoms with Crippen LogP contribution in [0.15, 0.2) is 53.4 Å². The molecule has 1 N–H and O–H groups in total. The van der Waals surface area contributed by atoms with E-state index in [2.05, 4.69) is 4.72 Å². The van der Waals surface area contributed by atoms with Crippen LogP contribution in [-0.4, -0.2) is 8.42 Å². The standard InChI is InChI=1S/C13H12FNO2S/c1-10-7-8-13(12(14)9-10)15-18(16,17)11-5-3-2-4-6-11/h2-9,15H,1H3. The molecule has 0 aliphatic heterocycles. The third kappa shape index (κ3) is 2.68. The number of anilines is 1. The molecule has 3 nitrogen and oxygen atoms in total. The van der Waals surface area contributed by atoms with Crippen molar-refractivity contribution in [3.05, 3.63) is 59.9 Å². The van der Waals surface area contributed by atoms with Gasteiger partial charge in [-0.1, -0.05) is 24.3 Å². The van der Waals surface area contributed by atoms with E-state index in [1.807, 2.05) is 0 Å². The van der Waals surface area contributed by atoms with Gasteiger partial charge < -0.3 is 0 Å². The van der Waals surface area contributed by atoms with Crippen molar-refractivity contribution in [1.29, 1.82) is 0 Å². The van der Waals surface area contributed by atoms with E-state index < -0.39 is 15.8 Å². The van der Waals surface area contributed by atoms with E-state index in [-0.39, 0.29) is 10.6 Å². The first-order valence-corrected chi connectivity index (χ1v) is 6.81. The minimum absolute atomic E-state index is 0.0514. The van der Waals surface area contributed by atoms with E-state index in [1.165, 1.54) is 24.3 Å². The molecule has 0 aliphatic rings. The van der Waals surface area contributed by atoms with Crippen LogP contribution in [0.1, 0.15) is 5.56 Å². The number of sulfonamides is 1. The van der Waals surface area contributed by atoms with Crippen LogP contribution >= 0.6 is 0 Å². The Kier molecular flexibility index (Phi) is 3.34. The molecular weight excluding hydrogens is 253 g/mol. The molecule has 0 fully saturated rings. The highest BCUT2D eigenvalue weighted by Crippen LogP contribution is 2.19. The van der Waals surface area contributed by atoms with Gasteiger partial charge in [-0.25, -0.2) is 12.8 Å². The van der Waals surface area contributed by atoms with Gasteiger partial charge in [0.1, 0.15) is 5.82 Å². The lowest BCUT2D eigenvalue weighted by atomic mass is 10.2. The normalized spacial score (nSPS) is 11.2. The van der Waals surface area contributed by atoms with Crippen molar-refractivity contribution in [3.63, 3.8) is 0 Å². The van der Waals surface area contributed by atoms with Crippen LogP contribution in [0.2, 0.25) is 0 Å². The van der Waals surface area contributed by atoms with Gasteiger partial charge in [-0.15, -0.1) is 0 Å². The fourth-order valence-corrected chi connectivity index (χ4v) is 2.59. The third-order valence-electron chi connectivity index (χ3n) is 2.42. The molecule has 18 heavy (non-hydrogen) atoms. The Hall–Kier alpha value is -1.88. The first-order chi connectivity index (χ1) is 8.49. The summed E-state index contributed by atoms with van der Waals surface area (Å²) in [5, 5.41) is 0. The van der Waals surface area contributed by atoms with E-state index in [0.717, 1.165) is 5.56 Å². The molecule has 0 bridgehead atoms. The Morgan fingerprint density at radius 1 is 1.06 bits per heavy atom. The summed E-state index contributed by atoms with van der Waals surface area (Å²) in [5.41, 5.74) is 0.680. The molecule has 0 radical (unpaired) electrons. The maximum atomic E-state index is 13.6. The molecule has 0 aromatic heterocycles. The number of rotatable bonds is 3. The zero-order chi connectivity index (χ0) is 13.2. The minimum atomic E-state index is -3.74. The molecule has 0 saturated carbocycles. The SMILES string of the molecule is Cc1ccc(NS(=O)(=O)c2ccccc2)c(F)c1. The van der Waals surface area contributed by atoms with E-state index in [4.69, 9.17) is 0 Å². The summed E-state index contributed by atoms with van der Waals surface area (Å²) in [5.74, 6) is -0.588. The molecule has 0 heterocycles. The van der Waals surface area contributed by atoms with Crippen molar-refractivity contribution in [3.8, 4) is 0 Å². The lowest BCUT2D eigenvalue weighted by molar-refractivity contribution is 0.598. The summed E-state index contributed by atoms with van der Waals surface area (Å²) in [4.78, 5) is 0.102. The summed E-state index contributed by atoms with van der Waals surface area (Å²) >= 11 is 0. The Morgan fingerprint density at radius 3 is 2.33 bits per heavy atom. The first kappa shape index (κ1) is 12.6.